The van der Waals surface area contributed by atoms with Gasteiger partial charge in [0, 0.05) is 11.6 Å². The number of hydrogen-bond donors (Lipinski definition) is 0. The van der Waals surface area contributed by atoms with Crippen molar-refractivity contribution in [2.75, 3.05) is 20.9 Å². The van der Waals surface area contributed by atoms with Gasteiger partial charge in [-0.2, -0.15) is 0 Å². The van der Waals surface area contributed by atoms with Gasteiger partial charge in [0.15, 0.2) is 0 Å². The van der Waals surface area contributed by atoms with Gasteiger partial charge in [-0.1, -0.05) is 31.5 Å². The number of rotatable bonds is 5. The molecule has 188 valence electrons. The Kier molecular flexibility index (Phi) is 10.4. The van der Waals surface area contributed by atoms with Crippen LogP contribution in [0.25, 0.3) is 11.3 Å². The minimum Gasteiger partial charge on any atom is -0.497 e. The summed E-state index contributed by atoms with van der Waals surface area (Å²) in [7, 11) is 3.09. The van der Waals surface area contributed by atoms with Crippen LogP contribution in [0.2, 0.25) is 5.02 Å². The van der Waals surface area contributed by atoms with Crippen molar-refractivity contribution in [3.63, 3.8) is 0 Å². The lowest BCUT2D eigenvalue weighted by atomic mass is 10.1. The Hall–Kier alpha value is -3.26. The van der Waals surface area contributed by atoms with Gasteiger partial charge in [-0.15, -0.1) is 0 Å². The zero-order valence-electron chi connectivity index (χ0n) is 20.3. The van der Waals surface area contributed by atoms with Gasteiger partial charge in [0.1, 0.15) is 23.1 Å². The molecule has 0 unspecified atom stereocenters. The fourth-order valence-electron chi connectivity index (χ4n) is 3.50. The molecule has 0 spiro atoms. The molecule has 0 fully saturated rings. The molecule has 0 N–H and O–H groups in total. The minimum atomic E-state index is -0.748. The summed E-state index contributed by atoms with van der Waals surface area (Å²) in [4.78, 5) is 18.8. The summed E-state index contributed by atoms with van der Waals surface area (Å²) >= 11 is 6.32. The number of aromatic nitrogens is 1. The molecule has 0 aliphatic carbocycles. The molecule has 0 bridgehead atoms. The van der Waals surface area contributed by atoms with Crippen LogP contribution in [0.5, 0.6) is 11.5 Å². The average molecular weight is 509 g/mol. The van der Waals surface area contributed by atoms with E-state index in [1.54, 1.807) is 24.1 Å². The van der Waals surface area contributed by atoms with Crippen LogP contribution in [0.4, 0.5) is 13.2 Å². The molecule has 1 aromatic heterocycles. The molecule has 2 heterocycles. The van der Waals surface area contributed by atoms with Crippen molar-refractivity contribution < 1.29 is 27.4 Å². The maximum Gasteiger partial charge on any atom is 0.257 e. The first-order chi connectivity index (χ1) is 16.8. The first-order valence-electron chi connectivity index (χ1n) is 11.0. The standard InChI is InChI=1S/C22H17ClF2N2O3.C2H5F.C2H6/c1-29-13-7-6-12(19(8-13)30-2)10-27-11-18-20(22(27)28)14(23)9-17(26-18)21-15(24)4-3-5-16(21)25;1-2-3;1-2/h3-9H,10-11H2,1-2H3;2H2,1H3;1-2H3. The molecule has 3 aromatic rings. The summed E-state index contributed by atoms with van der Waals surface area (Å²) in [6.07, 6.45) is 0. The summed E-state index contributed by atoms with van der Waals surface area (Å²) in [6, 6.07) is 10.2. The zero-order chi connectivity index (χ0) is 26.1. The number of nitrogens with zero attached hydrogens (tertiary/aromatic N) is 2. The molecule has 1 aliphatic rings. The van der Waals surface area contributed by atoms with E-state index in [0.29, 0.717) is 17.2 Å². The van der Waals surface area contributed by atoms with Crippen LogP contribution >= 0.6 is 11.6 Å². The highest BCUT2D eigenvalue weighted by Gasteiger charge is 2.33. The van der Waals surface area contributed by atoms with E-state index in [2.05, 4.69) is 4.98 Å². The van der Waals surface area contributed by atoms with Crippen LogP contribution in [0.15, 0.2) is 42.5 Å². The largest absolute Gasteiger partial charge is 0.497 e. The number of amides is 1. The molecule has 4 rings (SSSR count). The number of fused-ring (bicyclic) bond motifs is 1. The number of pyridine rings is 1. The number of carbonyl (C=O) groups is 1. The number of methoxy groups -OCH3 is 2. The predicted octanol–water partition coefficient (Wildman–Crippen LogP) is 6.86. The highest BCUT2D eigenvalue weighted by Crippen LogP contribution is 2.35. The quantitative estimate of drug-likeness (QED) is 0.378. The molecule has 5 nitrogen and oxygen atoms in total. The minimum absolute atomic E-state index is 0.0472. The lowest BCUT2D eigenvalue weighted by Gasteiger charge is -2.18. The number of halogens is 4. The molecular formula is C26H28ClF3N2O3. The fraction of sp³-hybridized carbons (Fsp3) is 0.308. The van der Waals surface area contributed by atoms with E-state index in [9.17, 15) is 18.0 Å². The highest BCUT2D eigenvalue weighted by molar-refractivity contribution is 6.34. The second kappa shape index (κ2) is 13.0. The zero-order valence-corrected chi connectivity index (χ0v) is 21.0. The third-order valence-electron chi connectivity index (χ3n) is 4.96. The van der Waals surface area contributed by atoms with Crippen LogP contribution in [0, 0.1) is 11.6 Å². The van der Waals surface area contributed by atoms with Gasteiger partial charge in [0.05, 0.1) is 61.5 Å². The Morgan fingerprint density at radius 2 is 1.66 bits per heavy atom. The lowest BCUT2D eigenvalue weighted by Crippen LogP contribution is -2.23. The summed E-state index contributed by atoms with van der Waals surface area (Å²) in [5, 5.41) is 0.104. The molecule has 0 saturated heterocycles. The molecule has 0 radical (unpaired) electrons. The van der Waals surface area contributed by atoms with Gasteiger partial charge in [-0.3, -0.25) is 9.18 Å². The maximum atomic E-state index is 14.2. The summed E-state index contributed by atoms with van der Waals surface area (Å²) in [5.41, 5.74) is 1.16. The Labute approximate surface area is 208 Å². The SMILES string of the molecule is CC.CCF.COc1ccc(CN2Cc3nc(-c4c(F)cccc4F)cc(Cl)c3C2=O)c(OC)c1. The Balaban J connectivity index is 0.000000803. The van der Waals surface area contributed by atoms with Gasteiger partial charge in [0.2, 0.25) is 0 Å². The monoisotopic (exact) mass is 508 g/mol. The molecule has 35 heavy (non-hydrogen) atoms. The molecule has 1 amide bonds. The van der Waals surface area contributed by atoms with E-state index in [1.165, 1.54) is 26.2 Å². The van der Waals surface area contributed by atoms with E-state index in [4.69, 9.17) is 21.1 Å². The third-order valence-corrected chi connectivity index (χ3v) is 5.26. The number of hydrogen-bond acceptors (Lipinski definition) is 4. The predicted molar refractivity (Wildman–Crippen MR) is 131 cm³/mol. The average Bonchev–Trinajstić information content (AvgIpc) is 3.16. The van der Waals surface area contributed by atoms with Crippen LogP contribution in [-0.2, 0) is 13.1 Å². The number of carbonyl (C=O) groups excluding carboxylic acids is 1. The number of benzene rings is 2. The van der Waals surface area contributed by atoms with Crippen LogP contribution in [0.1, 0.15) is 42.4 Å². The van der Waals surface area contributed by atoms with Gasteiger partial charge >= 0.3 is 0 Å². The highest BCUT2D eigenvalue weighted by atomic mass is 35.5. The Morgan fingerprint density at radius 3 is 2.23 bits per heavy atom. The van der Waals surface area contributed by atoms with Crippen molar-refractivity contribution in [1.29, 1.82) is 0 Å². The number of alkyl halides is 1. The van der Waals surface area contributed by atoms with Gasteiger partial charge < -0.3 is 14.4 Å². The second-order valence-electron chi connectivity index (χ2n) is 7.01. The van der Waals surface area contributed by atoms with Crippen LogP contribution in [0.3, 0.4) is 0 Å². The molecule has 0 atom stereocenters. The summed E-state index contributed by atoms with van der Waals surface area (Å²) in [5.74, 6) is -0.592. The van der Waals surface area contributed by atoms with Crippen molar-refractivity contribution in [1.82, 2.24) is 9.88 Å². The molecule has 0 saturated carbocycles. The van der Waals surface area contributed by atoms with Crippen molar-refractivity contribution in [3.8, 4) is 22.8 Å². The second-order valence-corrected chi connectivity index (χ2v) is 7.42. The van der Waals surface area contributed by atoms with E-state index >= 15 is 0 Å². The first-order valence-corrected chi connectivity index (χ1v) is 11.4. The summed E-state index contributed by atoms with van der Waals surface area (Å²) in [6.45, 7) is 5.62. The van der Waals surface area contributed by atoms with Crippen molar-refractivity contribution in [3.05, 3.63) is 75.9 Å². The van der Waals surface area contributed by atoms with E-state index < -0.39 is 11.6 Å². The third kappa shape index (κ3) is 6.25. The van der Waals surface area contributed by atoms with E-state index in [1.807, 2.05) is 19.9 Å². The lowest BCUT2D eigenvalue weighted by molar-refractivity contribution is 0.0765. The number of ether oxygens (including phenoxy) is 2. The van der Waals surface area contributed by atoms with Crippen molar-refractivity contribution >= 4 is 17.5 Å². The normalized spacial score (nSPS) is 11.7. The van der Waals surface area contributed by atoms with E-state index in [0.717, 1.165) is 17.7 Å². The van der Waals surface area contributed by atoms with Crippen LogP contribution < -0.4 is 9.47 Å². The Morgan fingerprint density at radius 1 is 1.03 bits per heavy atom. The van der Waals surface area contributed by atoms with Gasteiger partial charge in [-0.05, 0) is 37.3 Å². The van der Waals surface area contributed by atoms with Gasteiger partial charge in [-0.25, -0.2) is 13.8 Å². The van der Waals surface area contributed by atoms with Crippen LogP contribution in [-0.4, -0.2) is 36.7 Å². The van der Waals surface area contributed by atoms with Crippen molar-refractivity contribution in [2.24, 2.45) is 0 Å². The topological polar surface area (TPSA) is 51.7 Å². The fourth-order valence-corrected chi connectivity index (χ4v) is 3.79. The summed E-state index contributed by atoms with van der Waals surface area (Å²) < 4.78 is 49.2. The maximum absolute atomic E-state index is 14.2. The molecule has 1 aliphatic heterocycles. The first kappa shape index (κ1) is 28.0. The Bertz CT molecular complexity index is 1150. The molecule has 2 aromatic carbocycles. The van der Waals surface area contributed by atoms with E-state index in [-0.39, 0.29) is 47.5 Å². The molecular weight excluding hydrogens is 481 g/mol. The van der Waals surface area contributed by atoms with Gasteiger partial charge in [0.25, 0.3) is 5.91 Å². The smallest absolute Gasteiger partial charge is 0.257 e. The molecule has 9 heteroatoms. The van der Waals surface area contributed by atoms with Crippen molar-refractivity contribution in [2.45, 2.75) is 33.9 Å².